The third-order valence-corrected chi connectivity index (χ3v) is 4.35. The lowest BCUT2D eigenvalue weighted by atomic mass is 9.92. The third-order valence-electron chi connectivity index (χ3n) is 4.35. The van der Waals surface area contributed by atoms with Crippen molar-refractivity contribution >= 4 is 5.91 Å². The molecular weight excluding hydrogens is 278 g/mol. The van der Waals surface area contributed by atoms with Gasteiger partial charge in [0.1, 0.15) is 5.76 Å². The Bertz CT molecular complexity index is 462. The Hall–Kier alpha value is -1.36. The average molecular weight is 309 g/mol. The Morgan fingerprint density at radius 2 is 1.91 bits per heavy atom. The maximum Gasteiger partial charge on any atom is 0.273 e. The highest BCUT2D eigenvalue weighted by Crippen LogP contribution is 2.20. The zero-order valence-electron chi connectivity index (χ0n) is 14.9. The molecule has 0 aromatic carbocycles. The van der Waals surface area contributed by atoms with E-state index in [1.807, 2.05) is 6.92 Å². The summed E-state index contributed by atoms with van der Waals surface area (Å²) in [5.41, 5.74) is 0.246. The summed E-state index contributed by atoms with van der Waals surface area (Å²) in [5.74, 6) is 0.563. The van der Waals surface area contributed by atoms with Gasteiger partial charge in [0.15, 0.2) is 5.69 Å². The van der Waals surface area contributed by atoms with Crippen LogP contribution in [0.5, 0.6) is 0 Å². The van der Waals surface area contributed by atoms with Crippen molar-refractivity contribution in [1.29, 1.82) is 0 Å². The first kappa shape index (κ1) is 18.7. The number of nitrogens with one attached hydrogen (secondary N) is 1. The molecule has 0 fully saturated rings. The maximum atomic E-state index is 12.3. The summed E-state index contributed by atoms with van der Waals surface area (Å²) in [6, 6.07) is 1.73. The lowest BCUT2D eigenvalue weighted by Gasteiger charge is -2.43. The number of carbonyl (C=O) groups is 1. The minimum Gasteiger partial charge on any atom is -0.361 e. The summed E-state index contributed by atoms with van der Waals surface area (Å²) in [4.78, 5) is 14.8. The number of aromatic nitrogens is 1. The molecule has 0 aliphatic rings. The first-order valence-electron chi connectivity index (χ1n) is 8.38. The standard InChI is InChI=1S/C17H31N3O2/c1-7-10-20(11-8-2)17(5,6)13(4)18-16(21)15-12-14(9-3)22-19-15/h12-13H,7-11H2,1-6H3,(H,18,21). The summed E-state index contributed by atoms with van der Waals surface area (Å²) in [5, 5.41) is 6.91. The first-order chi connectivity index (χ1) is 10.4. The van der Waals surface area contributed by atoms with Crippen LogP contribution in [0.25, 0.3) is 0 Å². The molecule has 1 N–H and O–H groups in total. The van der Waals surface area contributed by atoms with Gasteiger partial charge in [-0.3, -0.25) is 9.69 Å². The van der Waals surface area contributed by atoms with Gasteiger partial charge in [0.2, 0.25) is 0 Å². The van der Waals surface area contributed by atoms with Gasteiger partial charge in [-0.05, 0) is 46.7 Å². The number of carbonyl (C=O) groups excluding carboxylic acids is 1. The lowest BCUT2D eigenvalue weighted by Crippen LogP contribution is -2.58. The van der Waals surface area contributed by atoms with Crippen molar-refractivity contribution < 1.29 is 9.32 Å². The van der Waals surface area contributed by atoms with Crippen molar-refractivity contribution in [1.82, 2.24) is 15.4 Å². The summed E-state index contributed by atoms with van der Waals surface area (Å²) < 4.78 is 5.11. The summed E-state index contributed by atoms with van der Waals surface area (Å²) in [6.45, 7) is 14.8. The molecule has 0 saturated heterocycles. The molecule has 0 spiro atoms. The van der Waals surface area contributed by atoms with Crippen molar-refractivity contribution in [3.05, 3.63) is 17.5 Å². The number of rotatable bonds is 9. The number of hydrogen-bond acceptors (Lipinski definition) is 4. The number of amides is 1. The molecule has 0 radical (unpaired) electrons. The molecule has 1 heterocycles. The Labute approximate surface area is 134 Å². The summed E-state index contributed by atoms with van der Waals surface area (Å²) in [6.07, 6.45) is 2.95. The van der Waals surface area contributed by atoms with E-state index in [0.29, 0.717) is 5.69 Å². The Kier molecular flexibility index (Phi) is 7.07. The Morgan fingerprint density at radius 1 is 1.32 bits per heavy atom. The van der Waals surface area contributed by atoms with Crippen molar-refractivity contribution in [2.24, 2.45) is 0 Å². The molecule has 0 aliphatic carbocycles. The third kappa shape index (κ3) is 4.57. The van der Waals surface area contributed by atoms with Gasteiger partial charge in [-0.25, -0.2) is 0 Å². The van der Waals surface area contributed by atoms with Crippen molar-refractivity contribution in [2.45, 2.75) is 72.4 Å². The lowest BCUT2D eigenvalue weighted by molar-refractivity contribution is 0.0706. The van der Waals surface area contributed by atoms with E-state index < -0.39 is 0 Å². The first-order valence-corrected chi connectivity index (χ1v) is 8.38. The molecule has 1 unspecified atom stereocenters. The molecule has 0 bridgehead atoms. The van der Waals surface area contributed by atoms with Crippen LogP contribution < -0.4 is 5.32 Å². The van der Waals surface area contributed by atoms with Gasteiger partial charge in [-0.1, -0.05) is 25.9 Å². The highest BCUT2D eigenvalue weighted by atomic mass is 16.5. The van der Waals surface area contributed by atoms with E-state index in [0.717, 1.165) is 38.1 Å². The fraction of sp³-hybridized carbons (Fsp3) is 0.765. The summed E-state index contributed by atoms with van der Waals surface area (Å²) >= 11 is 0. The SMILES string of the molecule is CCCN(CCC)C(C)(C)C(C)NC(=O)c1cc(CC)on1. The van der Waals surface area contributed by atoms with Crippen LogP contribution in [0.3, 0.4) is 0 Å². The van der Waals surface area contributed by atoms with E-state index in [4.69, 9.17) is 4.52 Å². The molecule has 0 saturated carbocycles. The minimum absolute atomic E-state index is 0.0138. The van der Waals surface area contributed by atoms with Crippen molar-refractivity contribution in [3.8, 4) is 0 Å². The molecule has 126 valence electrons. The molecular formula is C17H31N3O2. The Balaban J connectivity index is 2.75. The van der Waals surface area contributed by atoms with E-state index in [-0.39, 0.29) is 17.5 Å². The smallest absolute Gasteiger partial charge is 0.273 e. The molecule has 5 heteroatoms. The van der Waals surface area contributed by atoms with E-state index >= 15 is 0 Å². The van der Waals surface area contributed by atoms with Gasteiger partial charge < -0.3 is 9.84 Å². The number of aryl methyl sites for hydroxylation is 1. The van der Waals surface area contributed by atoms with Gasteiger partial charge >= 0.3 is 0 Å². The molecule has 5 nitrogen and oxygen atoms in total. The van der Waals surface area contributed by atoms with Crippen LogP contribution in [-0.2, 0) is 6.42 Å². The van der Waals surface area contributed by atoms with Crippen LogP contribution in [0.2, 0.25) is 0 Å². The molecule has 1 aromatic heterocycles. The van der Waals surface area contributed by atoms with Gasteiger partial charge in [0.25, 0.3) is 5.91 Å². The molecule has 22 heavy (non-hydrogen) atoms. The van der Waals surface area contributed by atoms with E-state index in [1.54, 1.807) is 6.07 Å². The van der Waals surface area contributed by atoms with Gasteiger partial charge in [-0.15, -0.1) is 0 Å². The fourth-order valence-electron chi connectivity index (χ4n) is 2.54. The second-order valence-electron chi connectivity index (χ2n) is 6.37. The zero-order valence-corrected chi connectivity index (χ0v) is 14.9. The molecule has 1 atom stereocenters. The monoisotopic (exact) mass is 309 g/mol. The van der Waals surface area contributed by atoms with Crippen molar-refractivity contribution in [2.75, 3.05) is 13.1 Å². The number of nitrogens with zero attached hydrogens (tertiary/aromatic N) is 2. The van der Waals surface area contributed by atoms with Gasteiger partial charge in [0, 0.05) is 24.1 Å². The fourth-order valence-corrected chi connectivity index (χ4v) is 2.54. The molecule has 1 amide bonds. The highest BCUT2D eigenvalue weighted by molar-refractivity contribution is 5.92. The molecule has 1 rings (SSSR count). The average Bonchev–Trinajstić information content (AvgIpc) is 2.95. The van der Waals surface area contributed by atoms with Crippen molar-refractivity contribution in [3.63, 3.8) is 0 Å². The second-order valence-corrected chi connectivity index (χ2v) is 6.37. The number of hydrogen-bond donors (Lipinski definition) is 1. The highest BCUT2D eigenvalue weighted by Gasteiger charge is 2.33. The maximum absolute atomic E-state index is 12.3. The van der Waals surface area contributed by atoms with E-state index in [1.165, 1.54) is 0 Å². The Morgan fingerprint density at radius 3 is 2.36 bits per heavy atom. The molecule has 0 aliphatic heterocycles. The predicted octanol–water partition coefficient (Wildman–Crippen LogP) is 3.26. The zero-order chi connectivity index (χ0) is 16.8. The second kappa shape index (κ2) is 8.32. The van der Waals surface area contributed by atoms with Crippen LogP contribution in [0, 0.1) is 0 Å². The van der Waals surface area contributed by atoms with Crippen LogP contribution in [0.4, 0.5) is 0 Å². The minimum atomic E-state index is -0.169. The van der Waals surface area contributed by atoms with E-state index in [2.05, 4.69) is 50.0 Å². The normalized spacial score (nSPS) is 13.4. The topological polar surface area (TPSA) is 58.4 Å². The van der Waals surface area contributed by atoms with Gasteiger partial charge in [0.05, 0.1) is 0 Å². The summed E-state index contributed by atoms with van der Waals surface area (Å²) in [7, 11) is 0. The predicted molar refractivity (Wildman–Crippen MR) is 89.0 cm³/mol. The molecule has 1 aromatic rings. The van der Waals surface area contributed by atoms with Crippen LogP contribution in [-0.4, -0.2) is 40.6 Å². The van der Waals surface area contributed by atoms with Crippen LogP contribution in [0.15, 0.2) is 10.6 Å². The van der Waals surface area contributed by atoms with Crippen LogP contribution >= 0.6 is 0 Å². The van der Waals surface area contributed by atoms with E-state index in [9.17, 15) is 4.79 Å². The van der Waals surface area contributed by atoms with Gasteiger partial charge in [-0.2, -0.15) is 0 Å². The largest absolute Gasteiger partial charge is 0.361 e. The quantitative estimate of drug-likeness (QED) is 0.760. The van der Waals surface area contributed by atoms with Crippen LogP contribution in [0.1, 0.15) is 70.6 Å².